The number of hydrogen-bond acceptors (Lipinski definition) is 4. The van der Waals surface area contributed by atoms with Crippen molar-refractivity contribution in [2.75, 3.05) is 0 Å². The lowest BCUT2D eigenvalue weighted by atomic mass is 10.1. The third-order valence-electron chi connectivity index (χ3n) is 2.06. The molecule has 97 valence electrons. The average molecular weight is 270 g/mol. The largest absolute Gasteiger partial charge is 0.369 e. The number of nitrogens with one attached hydrogen (secondary N) is 2. The fraction of sp³-hybridized carbons (Fsp3) is 0.100. The quantitative estimate of drug-likeness (QED) is 0.473. The maximum Gasteiger partial charge on any atom is 0.257 e. The maximum absolute atomic E-state index is 11.7. The molecular weight excluding hydrogens is 258 g/mol. The SMILES string of the molecule is C[C](C(N)=O)C(=O)NNS(=O)(=O)c1ccccc1. The average Bonchev–Trinajstić information content (AvgIpc) is 2.36. The van der Waals surface area contributed by atoms with Crippen LogP contribution in [0.25, 0.3) is 0 Å². The maximum atomic E-state index is 11.7. The molecular formula is C10H12N3O4S. The number of nitrogens with two attached hydrogens (primary N) is 1. The van der Waals surface area contributed by atoms with E-state index in [4.69, 9.17) is 5.73 Å². The predicted octanol–water partition coefficient (Wildman–Crippen LogP) is -0.924. The molecule has 2 amide bonds. The third kappa shape index (κ3) is 3.54. The lowest BCUT2D eigenvalue weighted by molar-refractivity contribution is -0.125. The molecule has 1 radical (unpaired) electrons. The number of primary amides is 1. The second kappa shape index (κ2) is 5.61. The number of carbonyl (C=O) groups excluding carboxylic acids is 2. The zero-order chi connectivity index (χ0) is 13.8. The van der Waals surface area contributed by atoms with E-state index in [0.29, 0.717) is 0 Å². The van der Waals surface area contributed by atoms with Crippen LogP contribution in [0, 0.1) is 5.92 Å². The summed E-state index contributed by atoms with van der Waals surface area (Å²) < 4.78 is 23.4. The molecule has 1 rings (SSSR count). The van der Waals surface area contributed by atoms with Crippen LogP contribution in [-0.4, -0.2) is 20.2 Å². The molecule has 0 aliphatic rings. The van der Waals surface area contributed by atoms with Crippen molar-refractivity contribution in [1.82, 2.24) is 10.3 Å². The number of hydrogen-bond donors (Lipinski definition) is 3. The fourth-order valence-corrected chi connectivity index (χ4v) is 1.84. The van der Waals surface area contributed by atoms with Crippen LogP contribution in [0.3, 0.4) is 0 Å². The van der Waals surface area contributed by atoms with E-state index in [1.165, 1.54) is 31.2 Å². The first-order valence-corrected chi connectivity index (χ1v) is 6.33. The van der Waals surface area contributed by atoms with Crippen molar-refractivity contribution in [3.05, 3.63) is 36.2 Å². The van der Waals surface area contributed by atoms with Crippen LogP contribution in [0.4, 0.5) is 0 Å². The summed E-state index contributed by atoms with van der Waals surface area (Å²) in [7, 11) is -3.86. The molecule has 0 aliphatic carbocycles. The highest BCUT2D eigenvalue weighted by molar-refractivity contribution is 7.89. The molecule has 4 N–H and O–H groups in total. The molecule has 0 spiro atoms. The Morgan fingerprint density at radius 3 is 2.22 bits per heavy atom. The van der Waals surface area contributed by atoms with Crippen molar-refractivity contribution in [3.8, 4) is 0 Å². The van der Waals surface area contributed by atoms with Gasteiger partial charge in [0.1, 0.15) is 5.92 Å². The minimum absolute atomic E-state index is 0.0120. The molecule has 0 bridgehead atoms. The second-order valence-corrected chi connectivity index (χ2v) is 5.04. The fourth-order valence-electron chi connectivity index (χ4n) is 0.978. The molecule has 1 aromatic carbocycles. The Hall–Kier alpha value is -1.93. The molecule has 1 aromatic rings. The molecule has 18 heavy (non-hydrogen) atoms. The molecule has 7 nitrogen and oxygen atoms in total. The van der Waals surface area contributed by atoms with Gasteiger partial charge < -0.3 is 5.73 Å². The summed E-state index contributed by atoms with van der Waals surface area (Å²) in [5.41, 5.74) is 6.76. The van der Waals surface area contributed by atoms with Gasteiger partial charge in [-0.3, -0.25) is 15.0 Å². The summed E-state index contributed by atoms with van der Waals surface area (Å²) in [6.07, 6.45) is 0. The first-order valence-electron chi connectivity index (χ1n) is 4.85. The molecule has 0 atom stereocenters. The highest BCUT2D eigenvalue weighted by atomic mass is 32.2. The summed E-state index contributed by atoms with van der Waals surface area (Å²) in [6.45, 7) is 1.19. The summed E-state index contributed by atoms with van der Waals surface area (Å²) in [5, 5.41) is 0. The van der Waals surface area contributed by atoms with Crippen LogP contribution in [0.1, 0.15) is 6.92 Å². The molecule has 0 saturated carbocycles. The Bertz CT molecular complexity index is 542. The van der Waals surface area contributed by atoms with Crippen molar-refractivity contribution in [3.63, 3.8) is 0 Å². The van der Waals surface area contributed by atoms with E-state index in [2.05, 4.69) is 0 Å². The molecule has 0 heterocycles. The summed E-state index contributed by atoms with van der Waals surface area (Å²) in [6, 6.07) is 7.45. The van der Waals surface area contributed by atoms with Crippen molar-refractivity contribution < 1.29 is 18.0 Å². The van der Waals surface area contributed by atoms with Gasteiger partial charge in [-0.05, 0) is 19.1 Å². The molecule has 0 aliphatic heterocycles. The van der Waals surface area contributed by atoms with Gasteiger partial charge in [0, 0.05) is 0 Å². The Morgan fingerprint density at radius 1 is 1.17 bits per heavy atom. The van der Waals surface area contributed by atoms with Gasteiger partial charge in [0.15, 0.2) is 0 Å². The first kappa shape index (κ1) is 14.1. The van der Waals surface area contributed by atoms with E-state index in [0.717, 1.165) is 0 Å². The lowest BCUT2D eigenvalue weighted by Crippen LogP contribution is -2.45. The number of sulfonamides is 1. The van der Waals surface area contributed by atoms with Gasteiger partial charge >= 0.3 is 0 Å². The molecule has 8 heteroatoms. The van der Waals surface area contributed by atoms with Crippen LogP contribution in [-0.2, 0) is 19.6 Å². The highest BCUT2D eigenvalue weighted by Crippen LogP contribution is 2.06. The standard InChI is InChI=1S/C10H12N3O4S/c1-7(9(11)14)10(15)12-13-18(16,17)8-5-3-2-4-6-8/h2-6,13H,1H3,(H2,11,14)(H,12,15). The zero-order valence-electron chi connectivity index (χ0n) is 9.51. The van der Waals surface area contributed by atoms with E-state index >= 15 is 0 Å². The van der Waals surface area contributed by atoms with Crippen molar-refractivity contribution >= 4 is 21.8 Å². The molecule has 0 saturated heterocycles. The normalized spacial score (nSPS) is 11.2. The van der Waals surface area contributed by atoms with Crippen molar-refractivity contribution in [2.45, 2.75) is 11.8 Å². The Labute approximate surface area is 104 Å². The molecule has 0 unspecified atom stereocenters. The number of rotatable bonds is 5. The van der Waals surface area contributed by atoms with Gasteiger partial charge in [-0.2, -0.15) is 0 Å². The lowest BCUT2D eigenvalue weighted by Gasteiger charge is -2.10. The topological polar surface area (TPSA) is 118 Å². The van der Waals surface area contributed by atoms with Crippen LogP contribution in [0.2, 0.25) is 0 Å². The summed E-state index contributed by atoms with van der Waals surface area (Å²) >= 11 is 0. The van der Waals surface area contributed by atoms with Gasteiger partial charge in [-0.25, -0.2) is 8.42 Å². The Balaban J connectivity index is 2.70. The Kier molecular flexibility index (Phi) is 4.40. The van der Waals surface area contributed by atoms with Gasteiger partial charge in [-0.1, -0.05) is 18.2 Å². The van der Waals surface area contributed by atoms with Crippen LogP contribution in [0.5, 0.6) is 0 Å². The minimum atomic E-state index is -3.86. The van der Waals surface area contributed by atoms with E-state index in [1.807, 2.05) is 10.3 Å². The Morgan fingerprint density at radius 2 is 1.72 bits per heavy atom. The number of hydrazine groups is 1. The van der Waals surface area contributed by atoms with Gasteiger partial charge in [0.2, 0.25) is 5.91 Å². The summed E-state index contributed by atoms with van der Waals surface area (Å²) in [5.74, 6) is -2.13. The minimum Gasteiger partial charge on any atom is -0.369 e. The van der Waals surface area contributed by atoms with Crippen molar-refractivity contribution in [2.24, 2.45) is 5.73 Å². The van der Waals surface area contributed by atoms with Crippen molar-refractivity contribution in [1.29, 1.82) is 0 Å². The molecule has 0 fully saturated rings. The van der Waals surface area contributed by atoms with E-state index < -0.39 is 21.8 Å². The van der Waals surface area contributed by atoms with Gasteiger partial charge in [-0.15, -0.1) is 4.83 Å². The number of amides is 2. The van der Waals surface area contributed by atoms with Crippen LogP contribution in [0.15, 0.2) is 35.2 Å². The zero-order valence-corrected chi connectivity index (χ0v) is 10.3. The second-order valence-electron chi connectivity index (χ2n) is 3.36. The highest BCUT2D eigenvalue weighted by Gasteiger charge is 2.22. The third-order valence-corrected chi connectivity index (χ3v) is 3.33. The van der Waals surface area contributed by atoms with Crippen LogP contribution < -0.4 is 16.0 Å². The van der Waals surface area contributed by atoms with Gasteiger partial charge in [0.25, 0.3) is 15.9 Å². The molecule has 0 aromatic heterocycles. The smallest absolute Gasteiger partial charge is 0.257 e. The summed E-state index contributed by atoms with van der Waals surface area (Å²) in [4.78, 5) is 23.8. The van der Waals surface area contributed by atoms with E-state index in [1.54, 1.807) is 6.07 Å². The van der Waals surface area contributed by atoms with E-state index in [9.17, 15) is 18.0 Å². The van der Waals surface area contributed by atoms with Gasteiger partial charge in [0.05, 0.1) is 4.90 Å². The van der Waals surface area contributed by atoms with E-state index in [-0.39, 0.29) is 10.8 Å². The monoisotopic (exact) mass is 270 g/mol. The first-order chi connectivity index (χ1) is 8.34. The van der Waals surface area contributed by atoms with Crippen LogP contribution >= 0.6 is 0 Å². The number of carbonyl (C=O) groups is 2. The predicted molar refractivity (Wildman–Crippen MR) is 63.0 cm³/mol. The number of benzene rings is 1.